The first kappa shape index (κ1) is 13.4. The van der Waals surface area contributed by atoms with E-state index in [0.29, 0.717) is 11.8 Å². The van der Waals surface area contributed by atoms with E-state index < -0.39 is 0 Å². The maximum atomic E-state index is 10.6. The first-order valence-electron chi connectivity index (χ1n) is 7.32. The van der Waals surface area contributed by atoms with Crippen molar-refractivity contribution >= 4 is 10.8 Å². The third-order valence-electron chi connectivity index (χ3n) is 4.56. The molecule has 2 N–H and O–H groups in total. The summed E-state index contributed by atoms with van der Waals surface area (Å²) in [6.45, 7) is 4.31. The lowest BCUT2D eigenvalue weighted by Crippen LogP contribution is -2.31. The molecule has 1 saturated heterocycles. The molecule has 2 aromatic rings. The highest BCUT2D eigenvalue weighted by Gasteiger charge is 2.27. The molecule has 1 aliphatic rings. The number of rotatable bonds is 3. The van der Waals surface area contributed by atoms with Crippen LogP contribution in [0.25, 0.3) is 10.8 Å². The van der Waals surface area contributed by atoms with E-state index >= 15 is 0 Å². The lowest BCUT2D eigenvalue weighted by atomic mass is 10.0. The third-order valence-corrected chi connectivity index (χ3v) is 4.56. The lowest BCUT2D eigenvalue weighted by Gasteiger charge is -2.25. The summed E-state index contributed by atoms with van der Waals surface area (Å²) in [7, 11) is 2.02. The van der Waals surface area contributed by atoms with Gasteiger partial charge in [0.2, 0.25) is 0 Å². The van der Waals surface area contributed by atoms with Crippen molar-refractivity contribution in [1.29, 1.82) is 0 Å². The molecule has 2 atom stereocenters. The van der Waals surface area contributed by atoms with Gasteiger partial charge in [-0.2, -0.15) is 0 Å². The summed E-state index contributed by atoms with van der Waals surface area (Å²) >= 11 is 0. The SMILES string of the molecule is CNC1CCN(C(C)c2ccc3ccccc3c2O)C1. The van der Waals surface area contributed by atoms with Crippen LogP contribution in [0.15, 0.2) is 36.4 Å². The van der Waals surface area contributed by atoms with Gasteiger partial charge in [-0.3, -0.25) is 4.90 Å². The summed E-state index contributed by atoms with van der Waals surface area (Å²) in [6, 6.07) is 13.0. The van der Waals surface area contributed by atoms with Crippen LogP contribution in [0.5, 0.6) is 5.75 Å². The maximum absolute atomic E-state index is 10.6. The average Bonchev–Trinajstić information content (AvgIpc) is 2.96. The van der Waals surface area contributed by atoms with Crippen molar-refractivity contribution in [1.82, 2.24) is 10.2 Å². The number of phenolic OH excluding ortho intramolecular Hbond substituents is 1. The van der Waals surface area contributed by atoms with E-state index in [1.807, 2.05) is 31.3 Å². The Morgan fingerprint density at radius 1 is 1.25 bits per heavy atom. The number of benzene rings is 2. The number of hydrogen-bond acceptors (Lipinski definition) is 3. The Morgan fingerprint density at radius 3 is 2.80 bits per heavy atom. The van der Waals surface area contributed by atoms with E-state index in [0.717, 1.165) is 29.4 Å². The van der Waals surface area contributed by atoms with Crippen LogP contribution in [0.2, 0.25) is 0 Å². The number of nitrogens with zero attached hydrogens (tertiary/aromatic N) is 1. The lowest BCUT2D eigenvalue weighted by molar-refractivity contribution is 0.252. The molecule has 106 valence electrons. The molecule has 0 saturated carbocycles. The second-order valence-electron chi connectivity index (χ2n) is 5.67. The Bertz CT molecular complexity index is 611. The van der Waals surface area contributed by atoms with Gasteiger partial charge in [0.1, 0.15) is 5.75 Å². The average molecular weight is 270 g/mol. The third kappa shape index (κ3) is 2.28. The van der Waals surface area contributed by atoms with Gasteiger partial charge in [-0.05, 0) is 25.8 Å². The van der Waals surface area contributed by atoms with Crippen LogP contribution in [0.1, 0.15) is 24.9 Å². The minimum Gasteiger partial charge on any atom is -0.507 e. The van der Waals surface area contributed by atoms with E-state index in [9.17, 15) is 5.11 Å². The Morgan fingerprint density at radius 2 is 2.05 bits per heavy atom. The summed E-state index contributed by atoms with van der Waals surface area (Å²) in [6.07, 6.45) is 1.18. The highest BCUT2D eigenvalue weighted by molar-refractivity contribution is 5.89. The van der Waals surface area contributed by atoms with Crippen molar-refractivity contribution in [2.45, 2.75) is 25.4 Å². The summed E-state index contributed by atoms with van der Waals surface area (Å²) < 4.78 is 0. The van der Waals surface area contributed by atoms with E-state index in [1.54, 1.807) is 0 Å². The van der Waals surface area contributed by atoms with Crippen molar-refractivity contribution in [3.05, 3.63) is 42.0 Å². The Kier molecular flexibility index (Phi) is 3.64. The Labute approximate surface area is 120 Å². The number of hydrogen-bond donors (Lipinski definition) is 2. The molecule has 0 bridgehead atoms. The highest BCUT2D eigenvalue weighted by Crippen LogP contribution is 2.35. The van der Waals surface area contributed by atoms with Crippen molar-refractivity contribution in [2.75, 3.05) is 20.1 Å². The molecule has 0 aromatic heterocycles. The number of nitrogens with one attached hydrogen (secondary N) is 1. The first-order chi connectivity index (χ1) is 9.70. The monoisotopic (exact) mass is 270 g/mol. The second kappa shape index (κ2) is 5.43. The molecule has 1 fully saturated rings. The number of aromatic hydroxyl groups is 1. The molecule has 3 nitrogen and oxygen atoms in total. The number of likely N-dealkylation sites (N-methyl/N-ethyl adjacent to an activating group) is 1. The summed E-state index contributed by atoms with van der Waals surface area (Å²) in [5.74, 6) is 0.434. The van der Waals surface area contributed by atoms with Gasteiger partial charge in [-0.25, -0.2) is 0 Å². The van der Waals surface area contributed by atoms with E-state index in [1.165, 1.54) is 6.42 Å². The van der Waals surface area contributed by atoms with E-state index in [4.69, 9.17) is 0 Å². The molecular weight excluding hydrogens is 248 g/mol. The molecule has 0 spiro atoms. The Hall–Kier alpha value is -1.58. The van der Waals surface area contributed by atoms with Crippen LogP contribution < -0.4 is 5.32 Å². The zero-order chi connectivity index (χ0) is 14.1. The van der Waals surface area contributed by atoms with Crippen LogP contribution in [0, 0.1) is 0 Å². The fourth-order valence-electron chi connectivity index (χ4n) is 3.18. The molecule has 1 heterocycles. The van der Waals surface area contributed by atoms with Gasteiger partial charge in [0, 0.05) is 36.1 Å². The molecule has 0 amide bonds. The van der Waals surface area contributed by atoms with Gasteiger partial charge in [0.15, 0.2) is 0 Å². The highest BCUT2D eigenvalue weighted by atomic mass is 16.3. The molecule has 3 heteroatoms. The normalized spacial score (nSPS) is 21.4. The van der Waals surface area contributed by atoms with Crippen LogP contribution in [0.3, 0.4) is 0 Å². The van der Waals surface area contributed by atoms with Gasteiger partial charge in [-0.1, -0.05) is 36.4 Å². The van der Waals surface area contributed by atoms with E-state index in [-0.39, 0.29) is 6.04 Å². The van der Waals surface area contributed by atoms with Gasteiger partial charge in [-0.15, -0.1) is 0 Å². The minimum atomic E-state index is 0.248. The van der Waals surface area contributed by atoms with E-state index in [2.05, 4.69) is 29.3 Å². The van der Waals surface area contributed by atoms with Gasteiger partial charge in [0.05, 0.1) is 0 Å². The topological polar surface area (TPSA) is 35.5 Å². The van der Waals surface area contributed by atoms with Gasteiger partial charge >= 0.3 is 0 Å². The van der Waals surface area contributed by atoms with Crippen molar-refractivity contribution in [3.63, 3.8) is 0 Å². The summed E-state index contributed by atoms with van der Waals surface area (Å²) in [5, 5.41) is 15.9. The van der Waals surface area contributed by atoms with Gasteiger partial charge < -0.3 is 10.4 Å². The molecule has 3 rings (SSSR count). The van der Waals surface area contributed by atoms with Crippen molar-refractivity contribution in [2.24, 2.45) is 0 Å². The summed E-state index contributed by atoms with van der Waals surface area (Å²) in [4.78, 5) is 2.44. The molecule has 0 radical (unpaired) electrons. The smallest absolute Gasteiger partial charge is 0.128 e. The molecule has 0 aliphatic carbocycles. The van der Waals surface area contributed by atoms with Crippen LogP contribution in [-0.2, 0) is 0 Å². The standard InChI is InChI=1S/C17H22N2O/c1-12(19-10-9-14(11-19)18-2)15-8-7-13-5-3-4-6-16(13)17(15)20/h3-8,12,14,18,20H,9-11H2,1-2H3. The predicted octanol–water partition coefficient (Wildman–Crippen LogP) is 2.90. The van der Waals surface area contributed by atoms with Crippen molar-refractivity contribution in [3.8, 4) is 5.75 Å². The molecule has 20 heavy (non-hydrogen) atoms. The quantitative estimate of drug-likeness (QED) is 0.900. The van der Waals surface area contributed by atoms with Gasteiger partial charge in [0.25, 0.3) is 0 Å². The summed E-state index contributed by atoms with van der Waals surface area (Å²) in [5.41, 5.74) is 1.03. The fourth-order valence-corrected chi connectivity index (χ4v) is 3.18. The molecule has 1 aliphatic heterocycles. The number of fused-ring (bicyclic) bond motifs is 1. The molecular formula is C17H22N2O. The van der Waals surface area contributed by atoms with Crippen LogP contribution in [0.4, 0.5) is 0 Å². The number of phenols is 1. The molecule has 2 aromatic carbocycles. The van der Waals surface area contributed by atoms with Crippen molar-refractivity contribution < 1.29 is 5.11 Å². The zero-order valence-electron chi connectivity index (χ0n) is 12.1. The minimum absolute atomic E-state index is 0.248. The molecule has 2 unspecified atom stereocenters. The van der Waals surface area contributed by atoms with Crippen LogP contribution in [-0.4, -0.2) is 36.2 Å². The zero-order valence-corrected chi connectivity index (χ0v) is 12.1. The Balaban J connectivity index is 1.92. The van der Waals surface area contributed by atoms with Crippen LogP contribution >= 0.6 is 0 Å². The maximum Gasteiger partial charge on any atom is 0.128 e. The fraction of sp³-hybridized carbons (Fsp3) is 0.412. The first-order valence-corrected chi connectivity index (χ1v) is 7.32. The second-order valence-corrected chi connectivity index (χ2v) is 5.67. The predicted molar refractivity (Wildman–Crippen MR) is 83.1 cm³/mol. The number of likely N-dealkylation sites (tertiary alicyclic amines) is 1. The largest absolute Gasteiger partial charge is 0.507 e.